The Balaban J connectivity index is 1.36. The molecule has 3 aliphatic rings. The summed E-state index contributed by atoms with van der Waals surface area (Å²) in [5, 5.41) is 61.0. The van der Waals surface area contributed by atoms with E-state index < -0.39 is 80.3 Å². The summed E-state index contributed by atoms with van der Waals surface area (Å²) >= 11 is 0. The van der Waals surface area contributed by atoms with E-state index in [1.54, 1.807) is 12.1 Å². The zero-order chi connectivity index (χ0) is 25.8. The van der Waals surface area contributed by atoms with Gasteiger partial charge in [-0.3, -0.25) is 4.79 Å². The second-order valence-electron chi connectivity index (χ2n) is 8.88. The highest BCUT2D eigenvalue weighted by Crippen LogP contribution is 2.36. The molecular weight excluding hydrogens is 484 g/mol. The fourth-order valence-corrected chi connectivity index (χ4v) is 4.41. The maximum atomic E-state index is 10.7. The zero-order valence-electron chi connectivity index (χ0n) is 19.3. The van der Waals surface area contributed by atoms with Crippen LogP contribution in [-0.4, -0.2) is 118 Å². The summed E-state index contributed by atoms with van der Waals surface area (Å²) in [7, 11) is 0. The van der Waals surface area contributed by atoms with E-state index in [1.807, 2.05) is 18.2 Å². The van der Waals surface area contributed by atoms with Crippen molar-refractivity contribution in [3.63, 3.8) is 0 Å². The average molecular weight is 516 g/mol. The van der Waals surface area contributed by atoms with E-state index >= 15 is 0 Å². The van der Waals surface area contributed by atoms with Crippen LogP contribution in [0.5, 0.6) is 0 Å². The highest BCUT2D eigenvalue weighted by atomic mass is 16.8. The fourth-order valence-electron chi connectivity index (χ4n) is 4.41. The Morgan fingerprint density at radius 1 is 0.944 bits per heavy atom. The minimum Gasteiger partial charge on any atom is -0.481 e. The van der Waals surface area contributed by atoms with Gasteiger partial charge in [-0.25, -0.2) is 0 Å². The van der Waals surface area contributed by atoms with Gasteiger partial charge in [-0.2, -0.15) is 0 Å². The number of carboxylic acid groups (broad SMARTS) is 1. The standard InChI is InChI=1S/C23H32O13/c24-9-12-19(15(27)17(29)22(33-12)31-8-4-7-14(25)26)36-23-18(30)16(28)20-13(34-23)10-32-21(35-20)11-5-2-1-3-6-11/h1-3,5-6,12-13,15-24,27-30H,4,7-10H2,(H,25,26)/t12?,13?,15-,16-,17?,18?,19-,20+,21?,22-,23+/m1/s1. The molecule has 0 radical (unpaired) electrons. The molecule has 4 rings (SSSR count). The van der Waals surface area contributed by atoms with Crippen molar-refractivity contribution in [3.05, 3.63) is 35.9 Å². The molecule has 6 N–H and O–H groups in total. The topological polar surface area (TPSA) is 194 Å². The van der Waals surface area contributed by atoms with Gasteiger partial charge in [0.05, 0.1) is 19.8 Å². The monoisotopic (exact) mass is 516 g/mol. The highest BCUT2D eigenvalue weighted by molar-refractivity contribution is 5.66. The molecule has 5 unspecified atom stereocenters. The molecule has 0 aromatic heterocycles. The lowest BCUT2D eigenvalue weighted by atomic mass is 9.96. The number of ether oxygens (including phenoxy) is 6. The van der Waals surface area contributed by atoms with E-state index in [1.165, 1.54) is 0 Å². The summed E-state index contributed by atoms with van der Waals surface area (Å²) in [6, 6.07) is 9.08. The lowest BCUT2D eigenvalue weighted by Crippen LogP contribution is -2.65. The highest BCUT2D eigenvalue weighted by Gasteiger charge is 2.53. The van der Waals surface area contributed by atoms with Crippen LogP contribution in [0, 0.1) is 0 Å². The van der Waals surface area contributed by atoms with Crippen molar-refractivity contribution < 1.29 is 63.9 Å². The summed E-state index contributed by atoms with van der Waals surface area (Å²) in [5.41, 5.74) is 0.734. The summed E-state index contributed by atoms with van der Waals surface area (Å²) in [6.45, 7) is -0.671. The molecule has 3 fully saturated rings. The third kappa shape index (κ3) is 6.03. The molecule has 3 heterocycles. The minimum absolute atomic E-state index is 0.0237. The lowest BCUT2D eigenvalue weighted by Gasteiger charge is -2.48. The number of aliphatic hydroxyl groups is 5. The van der Waals surface area contributed by atoms with Crippen LogP contribution in [0.3, 0.4) is 0 Å². The van der Waals surface area contributed by atoms with Crippen LogP contribution in [0.4, 0.5) is 0 Å². The Bertz CT molecular complexity index is 837. The molecule has 0 amide bonds. The number of benzene rings is 1. The third-order valence-corrected chi connectivity index (χ3v) is 6.33. The third-order valence-electron chi connectivity index (χ3n) is 6.33. The number of carbonyl (C=O) groups is 1. The zero-order valence-corrected chi connectivity index (χ0v) is 19.3. The predicted molar refractivity (Wildman–Crippen MR) is 116 cm³/mol. The largest absolute Gasteiger partial charge is 0.481 e. The van der Waals surface area contributed by atoms with E-state index in [-0.39, 0.29) is 26.1 Å². The predicted octanol–water partition coefficient (Wildman–Crippen LogP) is -1.75. The van der Waals surface area contributed by atoms with Gasteiger partial charge >= 0.3 is 5.97 Å². The molecule has 1 aromatic carbocycles. The molecule has 11 atom stereocenters. The van der Waals surface area contributed by atoms with Crippen molar-refractivity contribution in [2.45, 2.75) is 80.5 Å². The van der Waals surface area contributed by atoms with Crippen molar-refractivity contribution in [1.29, 1.82) is 0 Å². The van der Waals surface area contributed by atoms with Crippen molar-refractivity contribution in [2.75, 3.05) is 19.8 Å². The second kappa shape index (κ2) is 12.2. The van der Waals surface area contributed by atoms with Crippen LogP contribution >= 0.6 is 0 Å². The molecule has 1 aromatic rings. The first kappa shape index (κ1) is 27.3. The van der Waals surface area contributed by atoms with Crippen molar-refractivity contribution >= 4 is 5.97 Å². The van der Waals surface area contributed by atoms with Crippen LogP contribution in [0.1, 0.15) is 24.7 Å². The first-order valence-corrected chi connectivity index (χ1v) is 11.7. The molecule has 36 heavy (non-hydrogen) atoms. The van der Waals surface area contributed by atoms with Gasteiger partial charge in [-0.1, -0.05) is 30.3 Å². The molecule has 202 valence electrons. The summed E-state index contributed by atoms with van der Waals surface area (Å²) in [4.78, 5) is 10.6. The average Bonchev–Trinajstić information content (AvgIpc) is 2.88. The summed E-state index contributed by atoms with van der Waals surface area (Å²) in [5.74, 6) is -1.01. The minimum atomic E-state index is -1.62. The number of aliphatic carboxylic acids is 1. The van der Waals surface area contributed by atoms with Crippen LogP contribution in [0.25, 0.3) is 0 Å². The smallest absolute Gasteiger partial charge is 0.303 e. The molecule has 13 heteroatoms. The van der Waals surface area contributed by atoms with Gasteiger partial charge in [0.25, 0.3) is 0 Å². The van der Waals surface area contributed by atoms with Gasteiger partial charge in [0.2, 0.25) is 0 Å². The van der Waals surface area contributed by atoms with E-state index in [0.29, 0.717) is 0 Å². The normalized spacial score (nSPS) is 41.0. The van der Waals surface area contributed by atoms with Crippen molar-refractivity contribution in [1.82, 2.24) is 0 Å². The van der Waals surface area contributed by atoms with E-state index in [0.717, 1.165) is 5.56 Å². The quantitative estimate of drug-likeness (QED) is 0.203. The fraction of sp³-hybridized carbons (Fsp3) is 0.696. The number of carboxylic acids is 1. The Labute approximate surface area is 206 Å². The number of fused-ring (bicyclic) bond motifs is 1. The van der Waals surface area contributed by atoms with Gasteiger partial charge in [-0.15, -0.1) is 0 Å². The van der Waals surface area contributed by atoms with Gasteiger partial charge in [0.1, 0.15) is 48.8 Å². The lowest BCUT2D eigenvalue weighted by molar-refractivity contribution is -0.385. The number of hydrogen-bond donors (Lipinski definition) is 6. The SMILES string of the molecule is O=C(O)CCCO[C@@H]1OC(CO)[C@@H](O[C@@H]2OC3COC(c4ccccc4)O[C@@H]3[C@H](O)C2O)[C@H](O)C1O. The Morgan fingerprint density at radius 2 is 1.67 bits per heavy atom. The van der Waals surface area contributed by atoms with Crippen LogP contribution in [0.2, 0.25) is 0 Å². The molecule has 3 saturated heterocycles. The Kier molecular flexibility index (Phi) is 9.24. The molecule has 0 saturated carbocycles. The summed E-state index contributed by atoms with van der Waals surface area (Å²) < 4.78 is 33.8. The number of hydrogen-bond acceptors (Lipinski definition) is 12. The van der Waals surface area contributed by atoms with Gasteiger partial charge < -0.3 is 59.1 Å². The van der Waals surface area contributed by atoms with Crippen LogP contribution < -0.4 is 0 Å². The second-order valence-corrected chi connectivity index (χ2v) is 8.88. The maximum Gasteiger partial charge on any atom is 0.303 e. The molecule has 0 spiro atoms. The first-order valence-electron chi connectivity index (χ1n) is 11.7. The maximum absolute atomic E-state index is 10.7. The van der Waals surface area contributed by atoms with Crippen molar-refractivity contribution in [3.8, 4) is 0 Å². The van der Waals surface area contributed by atoms with Gasteiger partial charge in [-0.05, 0) is 6.42 Å². The molecule has 3 aliphatic heterocycles. The first-order chi connectivity index (χ1) is 17.3. The summed E-state index contributed by atoms with van der Waals surface area (Å²) in [6.07, 6.45) is -14.1. The molecule has 13 nitrogen and oxygen atoms in total. The van der Waals surface area contributed by atoms with Crippen LogP contribution in [0.15, 0.2) is 30.3 Å². The van der Waals surface area contributed by atoms with Gasteiger partial charge in [0, 0.05) is 12.0 Å². The molecule has 0 aliphatic carbocycles. The van der Waals surface area contributed by atoms with Gasteiger partial charge in [0.15, 0.2) is 18.9 Å². The van der Waals surface area contributed by atoms with E-state index in [2.05, 4.69) is 0 Å². The Hall–Kier alpha value is -1.75. The molecule has 0 bridgehead atoms. The van der Waals surface area contributed by atoms with E-state index in [9.17, 15) is 30.3 Å². The number of rotatable bonds is 9. The number of aliphatic hydroxyl groups excluding tert-OH is 5. The van der Waals surface area contributed by atoms with Crippen LogP contribution in [-0.2, 0) is 33.2 Å². The van der Waals surface area contributed by atoms with E-state index in [4.69, 9.17) is 33.5 Å². The van der Waals surface area contributed by atoms with Crippen molar-refractivity contribution in [2.24, 2.45) is 0 Å². The molecular formula is C23H32O13. The Morgan fingerprint density at radius 3 is 2.36 bits per heavy atom.